The van der Waals surface area contributed by atoms with E-state index in [0.29, 0.717) is 32.7 Å². The van der Waals surface area contributed by atoms with Crippen LogP contribution in [0.2, 0.25) is 0 Å². The molecular formula is C19H22N4O3. The standard InChI is InChI=1S/C19H22N4O3/c1-14-16(21-13-20-14)9-17(24)22-7-8-23-18(25)26-12-19(23,11-22)10-15-5-3-2-4-6-15/h2-6,13H,7-12H2,1H3,(H,20,21). The fraction of sp³-hybridized carbons (Fsp3) is 0.421. The van der Waals surface area contributed by atoms with Gasteiger partial charge in [-0.2, -0.15) is 0 Å². The Balaban J connectivity index is 1.54. The van der Waals surface area contributed by atoms with Crippen molar-refractivity contribution in [1.82, 2.24) is 19.8 Å². The molecule has 7 nitrogen and oxygen atoms in total. The molecule has 0 radical (unpaired) electrons. The van der Waals surface area contributed by atoms with Crippen LogP contribution in [0.3, 0.4) is 0 Å². The summed E-state index contributed by atoms with van der Waals surface area (Å²) in [7, 11) is 0. The van der Waals surface area contributed by atoms with Gasteiger partial charge in [0, 0.05) is 31.7 Å². The third kappa shape index (κ3) is 2.94. The number of aromatic nitrogens is 2. The quantitative estimate of drug-likeness (QED) is 0.903. The van der Waals surface area contributed by atoms with Crippen molar-refractivity contribution in [3.05, 3.63) is 53.6 Å². The van der Waals surface area contributed by atoms with Gasteiger partial charge in [-0.3, -0.25) is 9.69 Å². The summed E-state index contributed by atoms with van der Waals surface area (Å²) in [5, 5.41) is 0. The number of aryl methyl sites for hydroxylation is 1. The summed E-state index contributed by atoms with van der Waals surface area (Å²) in [4.78, 5) is 35.8. The van der Waals surface area contributed by atoms with Crippen molar-refractivity contribution >= 4 is 12.0 Å². The maximum Gasteiger partial charge on any atom is 0.410 e. The van der Waals surface area contributed by atoms with Gasteiger partial charge in [0.1, 0.15) is 12.1 Å². The molecule has 0 saturated carbocycles. The molecule has 7 heteroatoms. The van der Waals surface area contributed by atoms with Gasteiger partial charge >= 0.3 is 6.09 Å². The maximum atomic E-state index is 12.8. The summed E-state index contributed by atoms with van der Waals surface area (Å²) in [6, 6.07) is 10.0. The minimum absolute atomic E-state index is 0.0339. The molecule has 0 bridgehead atoms. The number of fused-ring (bicyclic) bond motifs is 1. The maximum absolute atomic E-state index is 12.8. The molecule has 2 saturated heterocycles. The van der Waals surface area contributed by atoms with E-state index < -0.39 is 5.54 Å². The number of carbonyl (C=O) groups excluding carboxylic acids is 2. The Kier molecular flexibility index (Phi) is 4.14. The molecule has 1 aromatic heterocycles. The number of carbonyl (C=O) groups is 2. The van der Waals surface area contributed by atoms with Crippen molar-refractivity contribution in [2.24, 2.45) is 0 Å². The predicted octanol–water partition coefficient (Wildman–Crippen LogP) is 1.54. The summed E-state index contributed by atoms with van der Waals surface area (Å²) < 4.78 is 5.36. The van der Waals surface area contributed by atoms with Gasteiger partial charge in [0.2, 0.25) is 5.91 Å². The molecule has 2 fully saturated rings. The number of rotatable bonds is 4. The van der Waals surface area contributed by atoms with E-state index in [4.69, 9.17) is 4.74 Å². The third-order valence-electron chi connectivity index (χ3n) is 5.32. The zero-order chi connectivity index (χ0) is 18.1. The molecule has 2 aliphatic rings. The number of benzene rings is 1. The predicted molar refractivity (Wildman–Crippen MR) is 94.5 cm³/mol. The number of imidazole rings is 1. The average Bonchev–Trinajstić information content (AvgIpc) is 3.19. The Bertz CT molecular complexity index is 819. The molecule has 1 atom stereocenters. The number of nitrogens with one attached hydrogen (secondary N) is 1. The second kappa shape index (κ2) is 6.48. The lowest BCUT2D eigenvalue weighted by molar-refractivity contribution is -0.134. The number of ether oxygens (including phenoxy) is 1. The second-order valence-electron chi connectivity index (χ2n) is 7.06. The van der Waals surface area contributed by atoms with Crippen LogP contribution in [-0.2, 0) is 22.4 Å². The first kappa shape index (κ1) is 16.6. The highest BCUT2D eigenvalue weighted by molar-refractivity contribution is 5.80. The Labute approximate surface area is 152 Å². The van der Waals surface area contributed by atoms with Crippen LogP contribution in [0.4, 0.5) is 4.79 Å². The van der Waals surface area contributed by atoms with E-state index in [1.54, 1.807) is 11.2 Å². The van der Waals surface area contributed by atoms with Gasteiger partial charge in [0.25, 0.3) is 0 Å². The molecule has 2 aliphatic heterocycles. The second-order valence-corrected chi connectivity index (χ2v) is 7.06. The van der Waals surface area contributed by atoms with Crippen molar-refractivity contribution in [2.75, 3.05) is 26.2 Å². The lowest BCUT2D eigenvalue weighted by Gasteiger charge is -2.44. The van der Waals surface area contributed by atoms with Crippen molar-refractivity contribution in [1.29, 1.82) is 0 Å². The SMILES string of the molecule is Cc1[nH]cnc1CC(=O)N1CCN2C(=O)OCC2(Cc2ccccc2)C1. The third-order valence-corrected chi connectivity index (χ3v) is 5.32. The molecular weight excluding hydrogens is 332 g/mol. The highest BCUT2D eigenvalue weighted by atomic mass is 16.6. The van der Waals surface area contributed by atoms with E-state index in [0.717, 1.165) is 17.0 Å². The Hall–Kier alpha value is -2.83. The van der Waals surface area contributed by atoms with Crippen molar-refractivity contribution in [3.8, 4) is 0 Å². The molecule has 26 heavy (non-hydrogen) atoms. The van der Waals surface area contributed by atoms with Crippen LogP contribution in [0.25, 0.3) is 0 Å². The fourth-order valence-electron chi connectivity index (χ4n) is 3.87. The molecule has 136 valence electrons. The van der Waals surface area contributed by atoms with Crippen molar-refractivity contribution in [2.45, 2.75) is 25.3 Å². The van der Waals surface area contributed by atoms with E-state index in [-0.39, 0.29) is 18.4 Å². The van der Waals surface area contributed by atoms with Gasteiger partial charge in [-0.25, -0.2) is 9.78 Å². The van der Waals surface area contributed by atoms with E-state index >= 15 is 0 Å². The summed E-state index contributed by atoms with van der Waals surface area (Å²) >= 11 is 0. The Morgan fingerprint density at radius 1 is 1.31 bits per heavy atom. The van der Waals surface area contributed by atoms with E-state index in [1.807, 2.05) is 42.2 Å². The molecule has 1 aromatic carbocycles. The van der Waals surface area contributed by atoms with Gasteiger partial charge in [0.05, 0.1) is 18.4 Å². The Morgan fingerprint density at radius 3 is 2.85 bits per heavy atom. The average molecular weight is 354 g/mol. The summed E-state index contributed by atoms with van der Waals surface area (Å²) in [5.74, 6) is 0.0339. The van der Waals surface area contributed by atoms with Gasteiger partial charge in [-0.1, -0.05) is 30.3 Å². The number of hydrogen-bond donors (Lipinski definition) is 1. The minimum atomic E-state index is -0.493. The van der Waals surface area contributed by atoms with Crippen LogP contribution >= 0.6 is 0 Å². The molecule has 2 aromatic rings. The van der Waals surface area contributed by atoms with E-state index in [2.05, 4.69) is 9.97 Å². The summed E-state index contributed by atoms with van der Waals surface area (Å²) in [6.07, 6.45) is 2.27. The minimum Gasteiger partial charge on any atom is -0.447 e. The number of H-pyrrole nitrogens is 1. The van der Waals surface area contributed by atoms with Crippen LogP contribution < -0.4 is 0 Å². The number of cyclic esters (lactones) is 1. The van der Waals surface area contributed by atoms with Crippen LogP contribution in [0.1, 0.15) is 17.0 Å². The highest BCUT2D eigenvalue weighted by Crippen LogP contribution is 2.32. The highest BCUT2D eigenvalue weighted by Gasteiger charge is 2.51. The molecule has 3 heterocycles. The molecule has 4 rings (SSSR count). The number of aromatic amines is 1. The topological polar surface area (TPSA) is 78.5 Å². The van der Waals surface area contributed by atoms with Crippen LogP contribution in [0.5, 0.6) is 0 Å². The monoisotopic (exact) mass is 354 g/mol. The fourth-order valence-corrected chi connectivity index (χ4v) is 3.87. The Morgan fingerprint density at radius 2 is 2.12 bits per heavy atom. The first-order valence-corrected chi connectivity index (χ1v) is 8.82. The van der Waals surface area contributed by atoms with E-state index in [9.17, 15) is 9.59 Å². The molecule has 1 N–H and O–H groups in total. The zero-order valence-electron chi connectivity index (χ0n) is 14.8. The molecule has 1 unspecified atom stereocenters. The number of amides is 2. The molecule has 2 amide bonds. The van der Waals surface area contributed by atoms with Crippen LogP contribution in [0, 0.1) is 6.92 Å². The number of hydrogen-bond acceptors (Lipinski definition) is 4. The summed E-state index contributed by atoms with van der Waals surface area (Å²) in [5.41, 5.74) is 2.32. The normalized spacial score (nSPS) is 22.3. The first-order chi connectivity index (χ1) is 12.6. The largest absolute Gasteiger partial charge is 0.447 e. The zero-order valence-corrected chi connectivity index (χ0v) is 14.8. The lowest BCUT2D eigenvalue weighted by atomic mass is 9.88. The smallest absolute Gasteiger partial charge is 0.410 e. The van der Waals surface area contributed by atoms with Crippen LogP contribution in [-0.4, -0.2) is 63.5 Å². The van der Waals surface area contributed by atoms with Crippen LogP contribution in [0.15, 0.2) is 36.7 Å². The van der Waals surface area contributed by atoms with Gasteiger partial charge in [0.15, 0.2) is 0 Å². The number of nitrogens with zero attached hydrogens (tertiary/aromatic N) is 3. The van der Waals surface area contributed by atoms with Crippen molar-refractivity contribution < 1.29 is 14.3 Å². The first-order valence-electron chi connectivity index (χ1n) is 8.82. The molecule has 0 aliphatic carbocycles. The lowest BCUT2D eigenvalue weighted by Crippen LogP contribution is -2.63. The van der Waals surface area contributed by atoms with Gasteiger partial charge < -0.3 is 14.6 Å². The van der Waals surface area contributed by atoms with Crippen molar-refractivity contribution in [3.63, 3.8) is 0 Å². The van der Waals surface area contributed by atoms with Gasteiger partial charge in [-0.05, 0) is 12.5 Å². The molecule has 0 spiro atoms. The number of piperazine rings is 1. The van der Waals surface area contributed by atoms with E-state index in [1.165, 1.54) is 0 Å². The summed E-state index contributed by atoms with van der Waals surface area (Å²) in [6.45, 7) is 3.72. The van der Waals surface area contributed by atoms with Gasteiger partial charge in [-0.15, -0.1) is 0 Å².